The number of halogens is 3. The molecule has 162 valence electrons. The first-order valence-corrected chi connectivity index (χ1v) is 12.4. The van der Waals surface area contributed by atoms with E-state index in [9.17, 15) is 9.00 Å². The van der Waals surface area contributed by atoms with Gasteiger partial charge in [0.1, 0.15) is 0 Å². The molecular formula is C20H22Cl3N3O2S2. The zero-order valence-corrected chi connectivity index (χ0v) is 20.5. The van der Waals surface area contributed by atoms with Gasteiger partial charge in [0.15, 0.2) is 5.50 Å². The van der Waals surface area contributed by atoms with Crippen molar-refractivity contribution >= 4 is 69.2 Å². The molecule has 0 saturated heterocycles. The van der Waals surface area contributed by atoms with Crippen LogP contribution in [0.1, 0.15) is 48.5 Å². The molecule has 2 N–H and O–H groups in total. The third-order valence-corrected chi connectivity index (χ3v) is 8.19. The maximum atomic E-state index is 13.0. The van der Waals surface area contributed by atoms with Crippen LogP contribution in [0.4, 0.5) is 0 Å². The molecule has 30 heavy (non-hydrogen) atoms. The van der Waals surface area contributed by atoms with Gasteiger partial charge in [-0.1, -0.05) is 47.0 Å². The minimum absolute atomic E-state index is 0.0650. The zero-order chi connectivity index (χ0) is 22.1. The first kappa shape index (κ1) is 23.7. The summed E-state index contributed by atoms with van der Waals surface area (Å²) in [7, 11) is -1.35. The maximum Gasteiger partial charge on any atom is 0.203 e. The van der Waals surface area contributed by atoms with E-state index in [2.05, 4.69) is 15.0 Å². The van der Waals surface area contributed by atoms with Crippen LogP contribution in [0.15, 0.2) is 46.1 Å². The zero-order valence-electron chi connectivity index (χ0n) is 16.6. The molecule has 0 aromatic carbocycles. The lowest BCUT2D eigenvalue weighted by Crippen LogP contribution is -2.38. The van der Waals surface area contributed by atoms with E-state index in [1.54, 1.807) is 12.3 Å². The normalized spacial score (nSPS) is 23.4. The first-order valence-electron chi connectivity index (χ1n) is 9.24. The second kappa shape index (κ2) is 9.67. The molecule has 1 aromatic heterocycles. The number of rotatable bonds is 6. The Morgan fingerprint density at radius 3 is 2.77 bits per heavy atom. The summed E-state index contributed by atoms with van der Waals surface area (Å²) < 4.78 is 16.1. The van der Waals surface area contributed by atoms with Crippen LogP contribution in [0.3, 0.4) is 0 Å². The van der Waals surface area contributed by atoms with Gasteiger partial charge < -0.3 is 5.32 Å². The van der Waals surface area contributed by atoms with Crippen molar-refractivity contribution in [2.75, 3.05) is 0 Å². The monoisotopic (exact) mass is 505 g/mol. The highest BCUT2D eigenvalue weighted by molar-refractivity contribution is 7.84. The van der Waals surface area contributed by atoms with Crippen molar-refractivity contribution in [1.29, 1.82) is 0 Å². The van der Waals surface area contributed by atoms with Crippen LogP contribution >= 0.6 is 46.1 Å². The number of alkyl halides is 1. The van der Waals surface area contributed by atoms with Crippen molar-refractivity contribution in [3.05, 3.63) is 55.9 Å². The third-order valence-electron chi connectivity index (χ3n) is 4.59. The average molecular weight is 507 g/mol. The van der Waals surface area contributed by atoms with Crippen LogP contribution in [-0.2, 0) is 11.0 Å². The van der Waals surface area contributed by atoms with Gasteiger partial charge in [-0.25, -0.2) is 8.93 Å². The lowest BCUT2D eigenvalue weighted by molar-refractivity contribution is 0.103. The second-order valence-electron chi connectivity index (χ2n) is 7.89. The van der Waals surface area contributed by atoms with Crippen molar-refractivity contribution < 1.29 is 9.00 Å². The Kier molecular flexibility index (Phi) is 7.64. The number of thiophene rings is 1. The van der Waals surface area contributed by atoms with Crippen molar-refractivity contribution in [3.8, 4) is 0 Å². The number of allylic oxidation sites excluding steroid dienone is 3. The van der Waals surface area contributed by atoms with E-state index in [1.165, 1.54) is 17.7 Å². The Hall–Kier alpha value is -0.960. The van der Waals surface area contributed by atoms with Crippen molar-refractivity contribution in [1.82, 2.24) is 10.0 Å². The molecule has 1 aromatic rings. The Morgan fingerprint density at radius 1 is 1.40 bits per heavy atom. The van der Waals surface area contributed by atoms with Crippen molar-refractivity contribution in [2.45, 2.75) is 43.5 Å². The predicted molar refractivity (Wildman–Crippen MR) is 128 cm³/mol. The minimum atomic E-state index is -1.35. The topological polar surface area (TPSA) is 70.6 Å². The average Bonchev–Trinajstić information content (AvgIpc) is 3.06. The van der Waals surface area contributed by atoms with E-state index < -0.39 is 21.2 Å². The first-order chi connectivity index (χ1) is 14.1. The van der Waals surface area contributed by atoms with Crippen LogP contribution in [0.2, 0.25) is 4.34 Å². The van der Waals surface area contributed by atoms with Gasteiger partial charge in [-0.05, 0) is 39.3 Å². The van der Waals surface area contributed by atoms with Gasteiger partial charge in [0.05, 0.1) is 42.9 Å². The largest absolute Gasteiger partial charge is 0.352 e. The molecule has 3 rings (SSSR count). The lowest BCUT2D eigenvalue weighted by atomic mass is 9.89. The molecule has 0 spiro atoms. The van der Waals surface area contributed by atoms with E-state index >= 15 is 0 Å². The van der Waals surface area contributed by atoms with Gasteiger partial charge >= 0.3 is 0 Å². The van der Waals surface area contributed by atoms with Crippen LogP contribution in [0.25, 0.3) is 0 Å². The van der Waals surface area contributed by atoms with Crippen LogP contribution in [-0.4, -0.2) is 26.6 Å². The van der Waals surface area contributed by atoms with Crippen LogP contribution in [0, 0.1) is 5.92 Å². The summed E-state index contributed by atoms with van der Waals surface area (Å²) in [6, 6.07) is 1.37. The number of Topliss-reactive ketones (excluding diaryl/α,β-unsaturated/α-hetero) is 1. The molecule has 1 aliphatic heterocycles. The van der Waals surface area contributed by atoms with Gasteiger partial charge in [0, 0.05) is 22.7 Å². The number of ketones is 1. The number of nitrogens with one attached hydrogen (secondary N) is 2. The lowest BCUT2D eigenvalue weighted by Gasteiger charge is -2.30. The Bertz CT molecular complexity index is 976. The molecule has 5 nitrogen and oxygen atoms in total. The highest BCUT2D eigenvalue weighted by atomic mass is 35.5. The number of carbonyl (C=O) groups excluding carboxylic acids is 1. The fourth-order valence-corrected chi connectivity index (χ4v) is 5.64. The summed E-state index contributed by atoms with van der Waals surface area (Å²) in [6.07, 6.45) is 9.29. The summed E-state index contributed by atoms with van der Waals surface area (Å²) in [4.78, 5) is 17.4. The molecule has 10 heteroatoms. The number of carbonyl (C=O) groups is 1. The van der Waals surface area contributed by atoms with E-state index in [0.29, 0.717) is 31.8 Å². The molecule has 0 amide bonds. The van der Waals surface area contributed by atoms with E-state index in [-0.39, 0.29) is 17.7 Å². The summed E-state index contributed by atoms with van der Waals surface area (Å²) in [5.74, 6) is -0.310. The number of nitrogens with zero attached hydrogens (tertiary/aromatic N) is 1. The van der Waals surface area contributed by atoms with Crippen molar-refractivity contribution in [2.24, 2.45) is 10.9 Å². The fourth-order valence-electron chi connectivity index (χ4n) is 2.97. The Labute approximate surface area is 197 Å². The quantitative estimate of drug-likeness (QED) is 0.306. The summed E-state index contributed by atoms with van der Waals surface area (Å²) in [6.45, 7) is 5.68. The van der Waals surface area contributed by atoms with Crippen LogP contribution < -0.4 is 10.0 Å². The number of hydrogen-bond donors (Lipinski definition) is 2. The van der Waals surface area contributed by atoms with Crippen molar-refractivity contribution in [3.63, 3.8) is 0 Å². The molecule has 0 fully saturated rings. The van der Waals surface area contributed by atoms with Gasteiger partial charge in [-0.2, -0.15) is 0 Å². The summed E-state index contributed by atoms with van der Waals surface area (Å²) in [5, 5.41) is 3.50. The van der Waals surface area contributed by atoms with E-state index in [4.69, 9.17) is 34.8 Å². The molecule has 0 radical (unpaired) electrons. The fraction of sp³-hybridized carbons (Fsp3) is 0.400. The number of hydrogen-bond acceptors (Lipinski definition) is 5. The summed E-state index contributed by atoms with van der Waals surface area (Å²) in [5.41, 5.74) is 0.299. The van der Waals surface area contributed by atoms with E-state index in [1.807, 2.05) is 39.0 Å². The maximum absolute atomic E-state index is 13.0. The highest BCUT2D eigenvalue weighted by Crippen LogP contribution is 2.41. The highest BCUT2D eigenvalue weighted by Gasteiger charge is 2.33. The van der Waals surface area contributed by atoms with Gasteiger partial charge in [-0.15, -0.1) is 11.3 Å². The third kappa shape index (κ3) is 5.44. The standard InChI is InChI=1S/C20H22Cl3N3O2S2/c1-20(2,3)30(28)26-16(11-5-4-6-12(21)7-11)13-8-15(29-19(13)23)17(27)14-9-24-10-25-18(14)22/h4-6,8-11,16,18,26H,7H2,1-3H3,(H,24,25). The molecule has 1 aliphatic carbocycles. The van der Waals surface area contributed by atoms with Gasteiger partial charge in [-0.3, -0.25) is 9.79 Å². The minimum Gasteiger partial charge on any atom is -0.352 e. The van der Waals surface area contributed by atoms with Gasteiger partial charge in [0.2, 0.25) is 5.78 Å². The second-order valence-corrected chi connectivity index (χ2v) is 12.4. The predicted octanol–water partition coefficient (Wildman–Crippen LogP) is 5.46. The Balaban J connectivity index is 1.94. The number of aliphatic imine (C=N–C) groups is 1. The van der Waals surface area contributed by atoms with Crippen LogP contribution in [0.5, 0.6) is 0 Å². The summed E-state index contributed by atoms with van der Waals surface area (Å²) >= 11 is 20.2. The molecule has 4 unspecified atom stereocenters. The van der Waals surface area contributed by atoms with E-state index in [0.717, 1.165) is 0 Å². The molecule has 2 aliphatic rings. The molecule has 0 bridgehead atoms. The SMILES string of the molecule is CC(C)(C)S(=O)NC(c1cc(C(=O)C2=CNC=NC2Cl)sc1Cl)C1C=CC=C(Cl)C1. The molecule has 4 atom stereocenters. The van der Waals surface area contributed by atoms with Gasteiger partial charge in [0.25, 0.3) is 0 Å². The molecule has 0 saturated carbocycles. The molecular weight excluding hydrogens is 485 g/mol. The molecule has 2 heterocycles. The Morgan fingerprint density at radius 2 is 2.13 bits per heavy atom. The smallest absolute Gasteiger partial charge is 0.203 e.